The van der Waals surface area contributed by atoms with Gasteiger partial charge in [0.2, 0.25) is 0 Å². The summed E-state index contributed by atoms with van der Waals surface area (Å²) in [5.74, 6) is 0. The molecule has 0 radical (unpaired) electrons. The molecule has 0 spiro atoms. The molecule has 144 valence electrons. The Morgan fingerprint density at radius 2 is 1.44 bits per heavy atom. The second-order valence-electron chi connectivity index (χ2n) is 8.09. The maximum absolute atomic E-state index is 12.1. The van der Waals surface area contributed by atoms with Crippen molar-refractivity contribution in [3.63, 3.8) is 0 Å². The first-order chi connectivity index (χ1) is 11.4. The Hall–Kier alpha value is -1.99. The van der Waals surface area contributed by atoms with E-state index < -0.39 is 23.4 Å². The van der Waals surface area contributed by atoms with Crippen molar-refractivity contribution in [3.05, 3.63) is 0 Å². The SMILES string of the molecule is CO/N=C1/CC[C@H](NC(=O)OC(C)(C)C)C(NC(=O)OC(C)(C)C)C1. The van der Waals surface area contributed by atoms with Gasteiger partial charge >= 0.3 is 12.2 Å². The molecule has 25 heavy (non-hydrogen) atoms. The van der Waals surface area contributed by atoms with Crippen LogP contribution in [0.1, 0.15) is 60.8 Å². The average molecular weight is 357 g/mol. The van der Waals surface area contributed by atoms with Gasteiger partial charge in [0.15, 0.2) is 0 Å². The summed E-state index contributed by atoms with van der Waals surface area (Å²) in [6.45, 7) is 10.8. The zero-order valence-electron chi connectivity index (χ0n) is 16.3. The lowest BCUT2D eigenvalue weighted by atomic mass is 9.89. The van der Waals surface area contributed by atoms with Crippen molar-refractivity contribution < 1.29 is 23.9 Å². The first kappa shape index (κ1) is 21.1. The number of alkyl carbamates (subject to hydrolysis) is 2. The third kappa shape index (κ3) is 8.60. The molecular weight excluding hydrogens is 326 g/mol. The quantitative estimate of drug-likeness (QED) is 0.757. The molecule has 1 fully saturated rings. The van der Waals surface area contributed by atoms with E-state index in [-0.39, 0.29) is 12.1 Å². The molecule has 1 unspecified atom stereocenters. The van der Waals surface area contributed by atoms with Gasteiger partial charge in [-0.3, -0.25) is 0 Å². The minimum Gasteiger partial charge on any atom is -0.444 e. The molecule has 1 aliphatic rings. The smallest absolute Gasteiger partial charge is 0.407 e. The zero-order chi connectivity index (χ0) is 19.3. The summed E-state index contributed by atoms with van der Waals surface area (Å²) in [6, 6.07) is -0.636. The predicted molar refractivity (Wildman–Crippen MR) is 94.6 cm³/mol. The van der Waals surface area contributed by atoms with Gasteiger partial charge in [0.25, 0.3) is 0 Å². The van der Waals surface area contributed by atoms with Gasteiger partial charge in [-0.25, -0.2) is 9.59 Å². The first-order valence-corrected chi connectivity index (χ1v) is 8.47. The van der Waals surface area contributed by atoms with Gasteiger partial charge in [-0.05, 0) is 54.4 Å². The van der Waals surface area contributed by atoms with Crippen molar-refractivity contribution in [1.29, 1.82) is 0 Å². The molecule has 0 aliphatic heterocycles. The fourth-order valence-electron chi connectivity index (χ4n) is 2.48. The van der Waals surface area contributed by atoms with Crippen LogP contribution in [-0.2, 0) is 14.3 Å². The Morgan fingerprint density at radius 1 is 0.960 bits per heavy atom. The van der Waals surface area contributed by atoms with E-state index in [1.54, 1.807) is 41.5 Å². The molecular formula is C17H31N3O5. The van der Waals surface area contributed by atoms with Gasteiger partial charge in [0.05, 0.1) is 17.8 Å². The number of oxime groups is 1. The highest BCUT2D eigenvalue weighted by Gasteiger charge is 2.33. The van der Waals surface area contributed by atoms with Crippen molar-refractivity contribution >= 4 is 17.9 Å². The topological polar surface area (TPSA) is 98.3 Å². The molecule has 1 aliphatic carbocycles. The van der Waals surface area contributed by atoms with Crippen LogP contribution in [0.25, 0.3) is 0 Å². The summed E-state index contributed by atoms with van der Waals surface area (Å²) in [5.41, 5.74) is -0.364. The van der Waals surface area contributed by atoms with E-state index in [0.717, 1.165) is 5.71 Å². The number of nitrogens with one attached hydrogen (secondary N) is 2. The van der Waals surface area contributed by atoms with E-state index in [0.29, 0.717) is 19.3 Å². The van der Waals surface area contributed by atoms with Crippen LogP contribution in [0.5, 0.6) is 0 Å². The van der Waals surface area contributed by atoms with Gasteiger partial charge in [0, 0.05) is 6.42 Å². The lowest BCUT2D eigenvalue weighted by Crippen LogP contribution is -2.56. The molecule has 0 aromatic heterocycles. The molecule has 2 atom stereocenters. The molecule has 0 bridgehead atoms. The highest BCUT2D eigenvalue weighted by Crippen LogP contribution is 2.19. The van der Waals surface area contributed by atoms with Crippen LogP contribution in [0, 0.1) is 0 Å². The lowest BCUT2D eigenvalue weighted by molar-refractivity contribution is 0.0423. The highest BCUT2D eigenvalue weighted by molar-refractivity contribution is 5.86. The first-order valence-electron chi connectivity index (χ1n) is 8.47. The molecule has 0 saturated heterocycles. The third-order valence-corrected chi connectivity index (χ3v) is 3.31. The number of ether oxygens (including phenoxy) is 2. The number of hydrogen-bond acceptors (Lipinski definition) is 6. The van der Waals surface area contributed by atoms with E-state index >= 15 is 0 Å². The second-order valence-corrected chi connectivity index (χ2v) is 8.09. The van der Waals surface area contributed by atoms with Crippen LogP contribution in [0.15, 0.2) is 5.16 Å². The molecule has 0 heterocycles. The van der Waals surface area contributed by atoms with E-state index in [4.69, 9.17) is 14.3 Å². The molecule has 1 rings (SSSR count). The molecule has 1 saturated carbocycles. The maximum atomic E-state index is 12.1. The monoisotopic (exact) mass is 357 g/mol. The van der Waals surface area contributed by atoms with Gasteiger partial charge in [0.1, 0.15) is 18.3 Å². The Balaban J connectivity index is 2.77. The number of nitrogens with zero attached hydrogens (tertiary/aromatic N) is 1. The molecule has 8 heteroatoms. The molecule has 2 N–H and O–H groups in total. The minimum atomic E-state index is -0.601. The Labute approximate surface area is 149 Å². The van der Waals surface area contributed by atoms with Gasteiger partial charge < -0.3 is 24.9 Å². The number of carbonyl (C=O) groups excluding carboxylic acids is 2. The maximum Gasteiger partial charge on any atom is 0.407 e. The zero-order valence-corrected chi connectivity index (χ0v) is 16.3. The van der Waals surface area contributed by atoms with Gasteiger partial charge in [-0.15, -0.1) is 0 Å². The fraction of sp³-hybridized carbons (Fsp3) is 0.824. The second kappa shape index (κ2) is 8.40. The highest BCUT2D eigenvalue weighted by atomic mass is 16.6. The summed E-state index contributed by atoms with van der Waals surface area (Å²) in [6.07, 6.45) is 0.698. The summed E-state index contributed by atoms with van der Waals surface area (Å²) >= 11 is 0. The van der Waals surface area contributed by atoms with Crippen molar-refractivity contribution in [2.45, 2.75) is 84.1 Å². The molecule has 0 aromatic carbocycles. The van der Waals surface area contributed by atoms with E-state index in [2.05, 4.69) is 15.8 Å². The summed E-state index contributed by atoms with van der Waals surface area (Å²) in [5, 5.41) is 9.61. The van der Waals surface area contributed by atoms with E-state index in [1.165, 1.54) is 7.11 Å². The minimum absolute atomic E-state index is 0.279. The average Bonchev–Trinajstić information content (AvgIpc) is 2.37. The normalized spacial score (nSPS) is 22.9. The standard InChI is InChI=1S/C17H31N3O5/c1-16(2,3)24-14(21)18-12-9-8-11(20-23-7)10-13(12)19-15(22)25-17(4,5)6/h12-13H,8-10H2,1-7H3,(H,18,21)(H,19,22)/b20-11-/t12-,13?/m0/s1. The number of carbonyl (C=O) groups is 2. The molecule has 2 amide bonds. The van der Waals surface area contributed by atoms with Crippen LogP contribution in [0.4, 0.5) is 9.59 Å². The molecule has 8 nitrogen and oxygen atoms in total. The van der Waals surface area contributed by atoms with E-state index in [1.807, 2.05) is 0 Å². The third-order valence-electron chi connectivity index (χ3n) is 3.31. The van der Waals surface area contributed by atoms with Crippen LogP contribution < -0.4 is 10.6 Å². The number of hydrogen-bond donors (Lipinski definition) is 2. The fourth-order valence-corrected chi connectivity index (χ4v) is 2.48. The number of amides is 2. The number of rotatable bonds is 3. The summed E-state index contributed by atoms with van der Waals surface area (Å²) < 4.78 is 10.6. The Morgan fingerprint density at radius 3 is 1.88 bits per heavy atom. The van der Waals surface area contributed by atoms with Crippen molar-refractivity contribution in [2.24, 2.45) is 5.16 Å². The van der Waals surface area contributed by atoms with Crippen molar-refractivity contribution in [3.8, 4) is 0 Å². The Bertz CT molecular complexity index is 505. The lowest BCUT2D eigenvalue weighted by Gasteiger charge is -2.34. The largest absolute Gasteiger partial charge is 0.444 e. The van der Waals surface area contributed by atoms with Gasteiger partial charge in [-0.2, -0.15) is 0 Å². The van der Waals surface area contributed by atoms with Crippen molar-refractivity contribution in [2.75, 3.05) is 7.11 Å². The summed E-state index contributed by atoms with van der Waals surface area (Å²) in [4.78, 5) is 29.0. The predicted octanol–water partition coefficient (Wildman–Crippen LogP) is 2.96. The van der Waals surface area contributed by atoms with Crippen LogP contribution in [-0.4, -0.2) is 48.3 Å². The molecule has 0 aromatic rings. The van der Waals surface area contributed by atoms with Crippen LogP contribution >= 0.6 is 0 Å². The van der Waals surface area contributed by atoms with Crippen molar-refractivity contribution in [1.82, 2.24) is 10.6 Å². The Kier molecular flexibility index (Phi) is 7.07. The van der Waals surface area contributed by atoms with Crippen LogP contribution in [0.2, 0.25) is 0 Å². The summed E-state index contributed by atoms with van der Waals surface area (Å²) in [7, 11) is 1.48. The van der Waals surface area contributed by atoms with Gasteiger partial charge in [-0.1, -0.05) is 5.16 Å². The van der Waals surface area contributed by atoms with E-state index in [9.17, 15) is 9.59 Å². The van der Waals surface area contributed by atoms with Crippen LogP contribution in [0.3, 0.4) is 0 Å².